The van der Waals surface area contributed by atoms with E-state index in [-0.39, 0.29) is 11.1 Å². The van der Waals surface area contributed by atoms with Crippen molar-refractivity contribution in [1.82, 2.24) is 4.57 Å². The normalized spacial score (nSPS) is 9.94. The standard InChI is InChI=1S/C14H12N2O/c1-10-4-3-5-11(8-10)12-6-7-16(2)14(17)13(12)9-15/h3-8H,1-2H3. The average molecular weight is 224 g/mol. The summed E-state index contributed by atoms with van der Waals surface area (Å²) in [6, 6.07) is 11.6. The van der Waals surface area contributed by atoms with Gasteiger partial charge in [0.2, 0.25) is 0 Å². The topological polar surface area (TPSA) is 45.8 Å². The lowest BCUT2D eigenvalue weighted by Crippen LogP contribution is -2.19. The van der Waals surface area contributed by atoms with Gasteiger partial charge in [-0.2, -0.15) is 5.26 Å². The van der Waals surface area contributed by atoms with Gasteiger partial charge in [0, 0.05) is 18.8 Å². The fourth-order valence-electron chi connectivity index (χ4n) is 1.79. The summed E-state index contributed by atoms with van der Waals surface area (Å²) in [6.45, 7) is 1.98. The third-order valence-corrected chi connectivity index (χ3v) is 2.71. The maximum atomic E-state index is 11.8. The predicted molar refractivity (Wildman–Crippen MR) is 66.6 cm³/mol. The van der Waals surface area contributed by atoms with Crippen LogP contribution in [-0.4, -0.2) is 4.57 Å². The van der Waals surface area contributed by atoms with Crippen molar-refractivity contribution >= 4 is 0 Å². The Labute approximate surface area is 99.6 Å². The van der Waals surface area contributed by atoms with E-state index < -0.39 is 0 Å². The van der Waals surface area contributed by atoms with E-state index in [4.69, 9.17) is 5.26 Å². The first kappa shape index (κ1) is 11.2. The van der Waals surface area contributed by atoms with Gasteiger partial charge in [-0.15, -0.1) is 0 Å². The molecule has 0 fully saturated rings. The highest BCUT2D eigenvalue weighted by atomic mass is 16.1. The summed E-state index contributed by atoms with van der Waals surface area (Å²) in [6.07, 6.45) is 1.68. The van der Waals surface area contributed by atoms with Crippen molar-refractivity contribution in [3.05, 3.63) is 58.0 Å². The van der Waals surface area contributed by atoms with Crippen LogP contribution in [0.5, 0.6) is 0 Å². The SMILES string of the molecule is Cc1cccc(-c2ccn(C)c(=O)c2C#N)c1. The highest BCUT2D eigenvalue weighted by molar-refractivity contribution is 5.70. The first-order valence-corrected chi connectivity index (χ1v) is 5.30. The van der Waals surface area contributed by atoms with Crippen LogP contribution in [0.3, 0.4) is 0 Å². The van der Waals surface area contributed by atoms with Crippen molar-refractivity contribution in [3.8, 4) is 17.2 Å². The Kier molecular flexibility index (Phi) is 2.80. The van der Waals surface area contributed by atoms with E-state index in [0.29, 0.717) is 5.56 Å². The number of pyridine rings is 1. The molecular weight excluding hydrogens is 212 g/mol. The first-order chi connectivity index (χ1) is 8.13. The number of aromatic nitrogens is 1. The minimum absolute atomic E-state index is 0.195. The Morgan fingerprint density at radius 3 is 2.71 bits per heavy atom. The molecule has 1 heterocycles. The third kappa shape index (κ3) is 1.98. The first-order valence-electron chi connectivity index (χ1n) is 5.30. The number of hydrogen-bond donors (Lipinski definition) is 0. The van der Waals surface area contributed by atoms with Gasteiger partial charge in [-0.05, 0) is 18.6 Å². The van der Waals surface area contributed by atoms with E-state index in [9.17, 15) is 4.79 Å². The zero-order valence-corrected chi connectivity index (χ0v) is 9.77. The Bertz CT molecular complexity index is 663. The number of rotatable bonds is 1. The molecule has 0 radical (unpaired) electrons. The lowest BCUT2D eigenvalue weighted by molar-refractivity contribution is 0.856. The largest absolute Gasteiger partial charge is 0.317 e. The zero-order valence-electron chi connectivity index (χ0n) is 9.77. The third-order valence-electron chi connectivity index (χ3n) is 2.71. The summed E-state index contributed by atoms with van der Waals surface area (Å²) in [5, 5.41) is 9.09. The molecule has 84 valence electrons. The molecule has 0 aliphatic heterocycles. The van der Waals surface area contributed by atoms with Crippen molar-refractivity contribution in [2.75, 3.05) is 0 Å². The summed E-state index contributed by atoms with van der Waals surface area (Å²) < 4.78 is 1.41. The van der Waals surface area contributed by atoms with Crippen LogP contribution in [0, 0.1) is 18.3 Å². The summed E-state index contributed by atoms with van der Waals surface area (Å²) in [5.41, 5.74) is 2.64. The molecule has 17 heavy (non-hydrogen) atoms. The Morgan fingerprint density at radius 2 is 2.06 bits per heavy atom. The number of hydrogen-bond acceptors (Lipinski definition) is 2. The lowest BCUT2D eigenvalue weighted by Gasteiger charge is -2.06. The highest BCUT2D eigenvalue weighted by Gasteiger charge is 2.09. The van der Waals surface area contributed by atoms with Crippen molar-refractivity contribution in [2.45, 2.75) is 6.92 Å². The van der Waals surface area contributed by atoms with Crippen LogP contribution in [0.15, 0.2) is 41.3 Å². The minimum atomic E-state index is -0.258. The van der Waals surface area contributed by atoms with Gasteiger partial charge in [0.25, 0.3) is 5.56 Å². The summed E-state index contributed by atoms with van der Waals surface area (Å²) in [5.74, 6) is 0. The quantitative estimate of drug-likeness (QED) is 0.745. The van der Waals surface area contributed by atoms with E-state index in [1.807, 2.05) is 37.3 Å². The maximum absolute atomic E-state index is 11.8. The van der Waals surface area contributed by atoms with Gasteiger partial charge < -0.3 is 4.57 Å². The molecular formula is C14H12N2O. The predicted octanol–water partition coefficient (Wildman–Crippen LogP) is 2.23. The molecule has 0 saturated heterocycles. The smallest absolute Gasteiger partial charge is 0.268 e. The average Bonchev–Trinajstić information content (AvgIpc) is 2.32. The fourth-order valence-corrected chi connectivity index (χ4v) is 1.79. The van der Waals surface area contributed by atoms with Gasteiger partial charge in [-0.3, -0.25) is 4.79 Å². The van der Waals surface area contributed by atoms with Gasteiger partial charge >= 0.3 is 0 Å². The van der Waals surface area contributed by atoms with Crippen LogP contribution in [0.4, 0.5) is 0 Å². The molecule has 1 aromatic carbocycles. The number of nitriles is 1. The van der Waals surface area contributed by atoms with E-state index >= 15 is 0 Å². The second-order valence-corrected chi connectivity index (χ2v) is 4.00. The molecule has 0 spiro atoms. The molecule has 0 unspecified atom stereocenters. The van der Waals surface area contributed by atoms with Gasteiger partial charge in [0.05, 0.1) is 0 Å². The zero-order chi connectivity index (χ0) is 12.4. The van der Waals surface area contributed by atoms with Crippen LogP contribution < -0.4 is 5.56 Å². The Morgan fingerprint density at radius 1 is 1.29 bits per heavy atom. The van der Waals surface area contributed by atoms with Crippen molar-refractivity contribution < 1.29 is 0 Å². The number of nitrogens with zero attached hydrogens (tertiary/aromatic N) is 2. The van der Waals surface area contributed by atoms with Crippen LogP contribution in [0.2, 0.25) is 0 Å². The lowest BCUT2D eigenvalue weighted by atomic mass is 10.0. The van der Waals surface area contributed by atoms with Crippen LogP contribution in [0.25, 0.3) is 11.1 Å². The van der Waals surface area contributed by atoms with Crippen molar-refractivity contribution in [3.63, 3.8) is 0 Å². The van der Waals surface area contributed by atoms with Crippen molar-refractivity contribution in [1.29, 1.82) is 5.26 Å². The summed E-state index contributed by atoms with van der Waals surface area (Å²) >= 11 is 0. The Hall–Kier alpha value is -2.34. The monoisotopic (exact) mass is 224 g/mol. The number of benzene rings is 1. The molecule has 2 rings (SSSR count). The molecule has 0 aliphatic rings. The molecule has 0 saturated carbocycles. The van der Waals surface area contributed by atoms with Crippen molar-refractivity contribution in [2.24, 2.45) is 7.05 Å². The van der Waals surface area contributed by atoms with Crippen LogP contribution in [0.1, 0.15) is 11.1 Å². The molecule has 2 aromatic rings. The minimum Gasteiger partial charge on any atom is -0.317 e. The summed E-state index contributed by atoms with van der Waals surface area (Å²) in [7, 11) is 1.64. The van der Waals surface area contributed by atoms with Crippen LogP contribution >= 0.6 is 0 Å². The second kappa shape index (κ2) is 4.26. The van der Waals surface area contributed by atoms with Gasteiger partial charge in [0.15, 0.2) is 0 Å². The fraction of sp³-hybridized carbons (Fsp3) is 0.143. The summed E-state index contributed by atoms with van der Waals surface area (Å²) in [4.78, 5) is 11.8. The molecule has 3 nitrogen and oxygen atoms in total. The molecule has 0 aliphatic carbocycles. The van der Waals surface area contributed by atoms with Gasteiger partial charge in [-0.25, -0.2) is 0 Å². The van der Waals surface area contributed by atoms with E-state index in [1.165, 1.54) is 4.57 Å². The van der Waals surface area contributed by atoms with Crippen LogP contribution in [-0.2, 0) is 7.05 Å². The molecule has 3 heteroatoms. The van der Waals surface area contributed by atoms with E-state index in [0.717, 1.165) is 11.1 Å². The Balaban J connectivity index is 2.74. The highest BCUT2D eigenvalue weighted by Crippen LogP contribution is 2.21. The molecule has 0 bridgehead atoms. The molecule has 0 N–H and O–H groups in total. The van der Waals surface area contributed by atoms with E-state index in [2.05, 4.69) is 0 Å². The second-order valence-electron chi connectivity index (χ2n) is 4.00. The number of aryl methyl sites for hydroxylation is 2. The molecule has 0 atom stereocenters. The maximum Gasteiger partial charge on any atom is 0.268 e. The van der Waals surface area contributed by atoms with Gasteiger partial charge in [0.1, 0.15) is 11.6 Å². The molecule has 1 aromatic heterocycles. The molecule has 0 amide bonds. The van der Waals surface area contributed by atoms with Gasteiger partial charge in [-0.1, -0.05) is 29.8 Å². The van der Waals surface area contributed by atoms with E-state index in [1.54, 1.807) is 19.3 Å².